The van der Waals surface area contributed by atoms with E-state index in [2.05, 4.69) is 5.32 Å². The number of carbonyl (C=O) groups excluding carboxylic acids is 2. The van der Waals surface area contributed by atoms with E-state index in [4.69, 9.17) is 0 Å². The van der Waals surface area contributed by atoms with Gasteiger partial charge in [-0.25, -0.2) is 12.8 Å². The zero-order valence-electron chi connectivity index (χ0n) is 21.9. The quantitative estimate of drug-likeness (QED) is 0.367. The summed E-state index contributed by atoms with van der Waals surface area (Å²) >= 11 is 0. The monoisotopic (exact) mass is 539 g/mol. The molecule has 3 rings (SSSR count). The van der Waals surface area contributed by atoms with Crippen molar-refractivity contribution in [1.82, 2.24) is 10.2 Å². The summed E-state index contributed by atoms with van der Waals surface area (Å²) in [5.41, 5.74) is 1.35. The number of nitrogens with one attached hydrogen (secondary N) is 1. The lowest BCUT2D eigenvalue weighted by atomic mass is 10.1. The molecule has 7 nitrogen and oxygen atoms in total. The third kappa shape index (κ3) is 6.77. The molecule has 1 N–H and O–H groups in total. The average Bonchev–Trinajstić information content (AvgIpc) is 2.94. The molecule has 2 amide bonds. The molecule has 0 aliphatic rings. The molecule has 1 atom stereocenters. The SMILES string of the molecule is CCCNC(=O)[C@H](C)N(Cc1ccccc1F)C(=O)CN(c1ccccc1CC)S(=O)(=O)c1ccccc1. The van der Waals surface area contributed by atoms with Gasteiger partial charge in [-0.2, -0.15) is 0 Å². The van der Waals surface area contributed by atoms with Gasteiger partial charge < -0.3 is 10.2 Å². The van der Waals surface area contributed by atoms with E-state index in [1.807, 2.05) is 26.0 Å². The summed E-state index contributed by atoms with van der Waals surface area (Å²) in [5, 5.41) is 2.77. The van der Waals surface area contributed by atoms with Crippen molar-refractivity contribution in [1.29, 1.82) is 0 Å². The normalized spacial score (nSPS) is 12.0. The minimum atomic E-state index is -4.15. The van der Waals surface area contributed by atoms with Gasteiger partial charge in [0.15, 0.2) is 0 Å². The molecule has 0 aromatic heterocycles. The van der Waals surface area contributed by atoms with E-state index in [1.165, 1.54) is 35.2 Å². The summed E-state index contributed by atoms with van der Waals surface area (Å²) in [4.78, 5) is 28.0. The largest absolute Gasteiger partial charge is 0.354 e. The standard InChI is InChI=1S/C29H34FN3O4S/c1-4-19-31-29(35)22(3)32(20-24-14-9-11-17-26(24)30)28(34)21-33(27-18-12-10-13-23(27)5-2)38(36,37)25-15-7-6-8-16-25/h6-18,22H,4-5,19-21H2,1-3H3,(H,31,35)/t22-/m0/s1. The molecular weight excluding hydrogens is 505 g/mol. The van der Waals surface area contributed by atoms with Gasteiger partial charge in [0.05, 0.1) is 10.6 Å². The van der Waals surface area contributed by atoms with Crippen LogP contribution in [0.2, 0.25) is 0 Å². The van der Waals surface area contributed by atoms with Crippen molar-refractivity contribution in [3.63, 3.8) is 0 Å². The van der Waals surface area contributed by atoms with Gasteiger partial charge in [0, 0.05) is 18.7 Å². The Morgan fingerprint density at radius 1 is 0.895 bits per heavy atom. The molecule has 0 heterocycles. The number of hydrogen-bond donors (Lipinski definition) is 1. The first-order valence-electron chi connectivity index (χ1n) is 12.7. The molecule has 202 valence electrons. The van der Waals surface area contributed by atoms with Crippen LogP contribution in [0.4, 0.5) is 10.1 Å². The summed E-state index contributed by atoms with van der Waals surface area (Å²) in [6, 6.07) is 19.9. The van der Waals surface area contributed by atoms with E-state index in [9.17, 15) is 22.4 Å². The molecule has 38 heavy (non-hydrogen) atoms. The van der Waals surface area contributed by atoms with Gasteiger partial charge >= 0.3 is 0 Å². The summed E-state index contributed by atoms with van der Waals surface area (Å²) < 4.78 is 43.3. The predicted octanol–water partition coefficient (Wildman–Crippen LogP) is 4.53. The lowest BCUT2D eigenvalue weighted by Crippen LogP contribution is -2.51. The number of sulfonamides is 1. The number of para-hydroxylation sites is 1. The molecule has 3 aromatic rings. The fourth-order valence-electron chi connectivity index (χ4n) is 4.07. The molecule has 0 fully saturated rings. The van der Waals surface area contributed by atoms with Crippen LogP contribution in [-0.2, 0) is 32.6 Å². The molecule has 0 saturated carbocycles. The Hall–Kier alpha value is -3.72. The summed E-state index contributed by atoms with van der Waals surface area (Å²) in [7, 11) is -4.15. The van der Waals surface area contributed by atoms with Gasteiger partial charge in [0.25, 0.3) is 10.0 Å². The number of anilines is 1. The first-order valence-corrected chi connectivity index (χ1v) is 14.1. The molecular formula is C29H34FN3O4S. The number of hydrogen-bond acceptors (Lipinski definition) is 4. The topological polar surface area (TPSA) is 86.8 Å². The molecule has 0 saturated heterocycles. The maximum Gasteiger partial charge on any atom is 0.264 e. The molecule has 0 spiro atoms. The fraction of sp³-hybridized carbons (Fsp3) is 0.310. The third-order valence-electron chi connectivity index (χ3n) is 6.27. The van der Waals surface area contributed by atoms with Crippen molar-refractivity contribution in [3.8, 4) is 0 Å². The molecule has 0 radical (unpaired) electrons. The Morgan fingerprint density at radius 2 is 1.50 bits per heavy atom. The van der Waals surface area contributed by atoms with Crippen LogP contribution in [0.5, 0.6) is 0 Å². The fourth-order valence-corrected chi connectivity index (χ4v) is 5.55. The highest BCUT2D eigenvalue weighted by atomic mass is 32.2. The third-order valence-corrected chi connectivity index (χ3v) is 8.04. The number of carbonyl (C=O) groups is 2. The van der Waals surface area contributed by atoms with Gasteiger partial charge in [0.2, 0.25) is 11.8 Å². The van der Waals surface area contributed by atoms with Crippen LogP contribution < -0.4 is 9.62 Å². The minimum Gasteiger partial charge on any atom is -0.354 e. The second kappa shape index (κ2) is 13.2. The van der Waals surface area contributed by atoms with Crippen LogP contribution in [0.1, 0.15) is 38.3 Å². The maximum absolute atomic E-state index is 14.6. The Bertz CT molecular complexity index is 1350. The van der Waals surface area contributed by atoms with Crippen molar-refractivity contribution in [2.75, 3.05) is 17.4 Å². The van der Waals surface area contributed by atoms with Gasteiger partial charge in [0.1, 0.15) is 18.4 Å². The van der Waals surface area contributed by atoms with Crippen LogP contribution in [0.15, 0.2) is 83.8 Å². The maximum atomic E-state index is 14.6. The number of nitrogens with zero attached hydrogens (tertiary/aromatic N) is 2. The van der Waals surface area contributed by atoms with E-state index in [0.717, 1.165) is 9.87 Å². The van der Waals surface area contributed by atoms with Crippen LogP contribution >= 0.6 is 0 Å². The molecule has 0 aliphatic carbocycles. The molecule has 0 bridgehead atoms. The summed E-state index contributed by atoms with van der Waals surface area (Å²) in [6.45, 7) is 5.03. The van der Waals surface area contributed by atoms with Crippen molar-refractivity contribution in [2.24, 2.45) is 0 Å². The van der Waals surface area contributed by atoms with E-state index >= 15 is 0 Å². The van der Waals surface area contributed by atoms with Crippen LogP contribution in [0, 0.1) is 5.82 Å². The summed E-state index contributed by atoms with van der Waals surface area (Å²) in [6.07, 6.45) is 1.25. The number of rotatable bonds is 12. The van der Waals surface area contributed by atoms with Crippen molar-refractivity contribution < 1.29 is 22.4 Å². The molecule has 3 aromatic carbocycles. The van der Waals surface area contributed by atoms with E-state index < -0.39 is 40.2 Å². The zero-order chi connectivity index (χ0) is 27.7. The number of halogens is 1. The van der Waals surface area contributed by atoms with Crippen LogP contribution in [-0.4, -0.2) is 44.3 Å². The second-order valence-electron chi connectivity index (χ2n) is 8.89. The van der Waals surface area contributed by atoms with E-state index in [0.29, 0.717) is 25.1 Å². The predicted molar refractivity (Wildman–Crippen MR) is 147 cm³/mol. The van der Waals surface area contributed by atoms with E-state index in [1.54, 1.807) is 43.3 Å². The van der Waals surface area contributed by atoms with Gasteiger partial charge in [-0.1, -0.05) is 68.4 Å². The van der Waals surface area contributed by atoms with Gasteiger partial charge in [-0.05, 0) is 49.6 Å². The Balaban J connectivity index is 2.05. The highest BCUT2D eigenvalue weighted by Crippen LogP contribution is 2.28. The van der Waals surface area contributed by atoms with Gasteiger partial charge in [-0.3, -0.25) is 13.9 Å². The van der Waals surface area contributed by atoms with Crippen LogP contribution in [0.3, 0.4) is 0 Å². The molecule has 9 heteroatoms. The zero-order valence-corrected chi connectivity index (χ0v) is 22.7. The molecule has 0 unspecified atom stereocenters. The Morgan fingerprint density at radius 3 is 2.13 bits per heavy atom. The smallest absolute Gasteiger partial charge is 0.264 e. The number of benzene rings is 3. The highest BCUT2D eigenvalue weighted by molar-refractivity contribution is 7.92. The minimum absolute atomic E-state index is 0.0353. The van der Waals surface area contributed by atoms with E-state index in [-0.39, 0.29) is 17.0 Å². The first-order chi connectivity index (χ1) is 18.2. The van der Waals surface area contributed by atoms with Crippen molar-refractivity contribution in [3.05, 3.63) is 95.8 Å². The van der Waals surface area contributed by atoms with Crippen molar-refractivity contribution in [2.45, 2.75) is 51.1 Å². The summed E-state index contributed by atoms with van der Waals surface area (Å²) in [5.74, 6) is -1.54. The van der Waals surface area contributed by atoms with Gasteiger partial charge in [-0.15, -0.1) is 0 Å². The Labute approximate surface area is 224 Å². The highest BCUT2D eigenvalue weighted by Gasteiger charge is 2.33. The second-order valence-corrected chi connectivity index (χ2v) is 10.7. The number of amides is 2. The lowest BCUT2D eigenvalue weighted by Gasteiger charge is -2.32. The first kappa shape index (κ1) is 28.8. The number of aryl methyl sites for hydroxylation is 1. The Kier molecular flexibility index (Phi) is 10.0. The molecule has 0 aliphatic heterocycles. The lowest BCUT2D eigenvalue weighted by molar-refractivity contribution is -0.139. The average molecular weight is 540 g/mol. The van der Waals surface area contributed by atoms with Crippen molar-refractivity contribution >= 4 is 27.5 Å². The van der Waals surface area contributed by atoms with Crippen LogP contribution in [0.25, 0.3) is 0 Å².